The van der Waals surface area contributed by atoms with Crippen LogP contribution in [0.5, 0.6) is 5.75 Å². The third-order valence-electron chi connectivity index (χ3n) is 4.89. The quantitative estimate of drug-likeness (QED) is 0.697. The smallest absolute Gasteiger partial charge is 0.260 e. The predicted octanol–water partition coefficient (Wildman–Crippen LogP) is 2.05. The molecule has 0 aromatic heterocycles. The summed E-state index contributed by atoms with van der Waals surface area (Å²) in [6.07, 6.45) is 1.23. The molecule has 1 aliphatic rings. The predicted molar refractivity (Wildman–Crippen MR) is 107 cm³/mol. The first-order chi connectivity index (χ1) is 12.5. The summed E-state index contributed by atoms with van der Waals surface area (Å²) in [6, 6.07) is 7.06. The maximum Gasteiger partial charge on any atom is 0.260 e. The van der Waals surface area contributed by atoms with Gasteiger partial charge < -0.3 is 25.4 Å². The molecule has 7 nitrogen and oxygen atoms in total. The van der Waals surface area contributed by atoms with Gasteiger partial charge in [0, 0.05) is 44.6 Å². The fourth-order valence-corrected chi connectivity index (χ4v) is 3.03. The molecule has 1 aromatic carbocycles. The van der Waals surface area contributed by atoms with Crippen LogP contribution >= 0.6 is 12.4 Å². The Morgan fingerprint density at radius 3 is 2.52 bits per heavy atom. The molecule has 3 N–H and O–H groups in total. The Morgan fingerprint density at radius 1 is 1.26 bits per heavy atom. The number of anilines is 1. The number of rotatable bonds is 8. The highest BCUT2D eigenvalue weighted by Gasteiger charge is 2.38. The maximum absolute atomic E-state index is 12.7. The summed E-state index contributed by atoms with van der Waals surface area (Å²) < 4.78 is 10.9. The zero-order valence-corrected chi connectivity index (χ0v) is 16.8. The van der Waals surface area contributed by atoms with E-state index in [0.29, 0.717) is 50.6 Å². The van der Waals surface area contributed by atoms with Crippen LogP contribution < -0.4 is 15.8 Å². The number of hydrogen-bond acceptors (Lipinski definition) is 5. The Bertz CT molecular complexity index is 617. The summed E-state index contributed by atoms with van der Waals surface area (Å²) in [6.45, 7) is 6.52. The van der Waals surface area contributed by atoms with Crippen LogP contribution in [0.3, 0.4) is 0 Å². The number of ether oxygens (including phenoxy) is 2. The molecule has 0 bridgehead atoms. The van der Waals surface area contributed by atoms with E-state index in [9.17, 15) is 9.59 Å². The molecular formula is C19H30ClN3O4. The zero-order chi connectivity index (χ0) is 19.0. The van der Waals surface area contributed by atoms with Gasteiger partial charge >= 0.3 is 0 Å². The molecule has 2 rings (SSSR count). The number of benzene rings is 1. The Labute approximate surface area is 167 Å². The number of halogens is 1. The standard InChI is InChI=1S/C19H29N3O4.ClH/c1-3-22(4-2)17(23)13-26-16-7-5-6-15(12-16)21-18(24)19(14-20)8-10-25-11-9-19;/h5-7,12H,3-4,8-11,13-14,20H2,1-2H3,(H,21,24);1H. The molecule has 0 radical (unpaired) electrons. The van der Waals surface area contributed by atoms with E-state index in [2.05, 4.69) is 5.32 Å². The van der Waals surface area contributed by atoms with Crippen molar-refractivity contribution in [3.63, 3.8) is 0 Å². The van der Waals surface area contributed by atoms with E-state index in [1.807, 2.05) is 13.8 Å². The first kappa shape index (κ1) is 23.2. The summed E-state index contributed by atoms with van der Waals surface area (Å²) in [5.41, 5.74) is 5.91. The normalized spacial score (nSPS) is 15.4. The number of hydrogen-bond donors (Lipinski definition) is 2. The topological polar surface area (TPSA) is 93.9 Å². The summed E-state index contributed by atoms with van der Waals surface area (Å²) in [5, 5.41) is 2.93. The second-order valence-corrected chi connectivity index (χ2v) is 6.43. The minimum absolute atomic E-state index is 0. The number of nitrogens with two attached hydrogens (primary N) is 1. The lowest BCUT2D eigenvalue weighted by atomic mass is 9.79. The third kappa shape index (κ3) is 6.09. The lowest BCUT2D eigenvalue weighted by Gasteiger charge is -2.34. The van der Waals surface area contributed by atoms with Gasteiger partial charge in [-0.3, -0.25) is 9.59 Å². The molecule has 152 valence electrons. The van der Waals surface area contributed by atoms with Crippen molar-refractivity contribution in [3.05, 3.63) is 24.3 Å². The molecular weight excluding hydrogens is 370 g/mol. The van der Waals surface area contributed by atoms with Gasteiger partial charge in [0.15, 0.2) is 6.61 Å². The van der Waals surface area contributed by atoms with Crippen LogP contribution in [0.2, 0.25) is 0 Å². The van der Waals surface area contributed by atoms with Gasteiger partial charge in [-0.05, 0) is 38.8 Å². The van der Waals surface area contributed by atoms with Crippen LogP contribution in [-0.2, 0) is 14.3 Å². The van der Waals surface area contributed by atoms with Crippen molar-refractivity contribution in [2.75, 3.05) is 44.8 Å². The molecule has 1 fully saturated rings. The molecule has 1 saturated heterocycles. The first-order valence-electron chi connectivity index (χ1n) is 9.14. The number of amides is 2. The van der Waals surface area contributed by atoms with Gasteiger partial charge in [-0.25, -0.2) is 0 Å². The second kappa shape index (κ2) is 11.1. The second-order valence-electron chi connectivity index (χ2n) is 6.43. The molecule has 0 atom stereocenters. The monoisotopic (exact) mass is 399 g/mol. The minimum atomic E-state index is -0.589. The fourth-order valence-electron chi connectivity index (χ4n) is 3.03. The lowest BCUT2D eigenvalue weighted by Crippen LogP contribution is -2.46. The highest BCUT2D eigenvalue weighted by molar-refractivity contribution is 5.95. The van der Waals surface area contributed by atoms with Crippen molar-refractivity contribution in [2.24, 2.45) is 11.1 Å². The molecule has 8 heteroatoms. The molecule has 2 amide bonds. The lowest BCUT2D eigenvalue weighted by molar-refractivity contribution is -0.133. The van der Waals surface area contributed by atoms with E-state index in [-0.39, 0.29) is 37.4 Å². The van der Waals surface area contributed by atoms with Crippen molar-refractivity contribution >= 4 is 29.9 Å². The van der Waals surface area contributed by atoms with Crippen LogP contribution in [-0.4, -0.2) is 56.2 Å². The molecule has 27 heavy (non-hydrogen) atoms. The number of carbonyl (C=O) groups is 2. The largest absolute Gasteiger partial charge is 0.484 e. The van der Waals surface area contributed by atoms with Crippen molar-refractivity contribution in [1.82, 2.24) is 4.90 Å². The van der Waals surface area contributed by atoms with Crippen LogP contribution in [0.4, 0.5) is 5.69 Å². The van der Waals surface area contributed by atoms with Gasteiger partial charge in [-0.15, -0.1) is 12.4 Å². The molecule has 0 aliphatic carbocycles. The van der Waals surface area contributed by atoms with E-state index in [1.165, 1.54) is 0 Å². The number of nitrogens with one attached hydrogen (secondary N) is 1. The SMILES string of the molecule is CCN(CC)C(=O)COc1cccc(NC(=O)C2(CN)CCOCC2)c1.Cl. The Kier molecular flexibility index (Phi) is 9.55. The van der Waals surface area contributed by atoms with E-state index >= 15 is 0 Å². The van der Waals surface area contributed by atoms with Crippen molar-refractivity contribution in [3.8, 4) is 5.75 Å². The summed E-state index contributed by atoms with van der Waals surface area (Å²) in [7, 11) is 0. The summed E-state index contributed by atoms with van der Waals surface area (Å²) in [5.74, 6) is 0.380. The summed E-state index contributed by atoms with van der Waals surface area (Å²) in [4.78, 5) is 26.5. The number of nitrogens with zero attached hydrogens (tertiary/aromatic N) is 1. The Hall–Kier alpha value is -1.83. The van der Waals surface area contributed by atoms with Crippen LogP contribution in [0.1, 0.15) is 26.7 Å². The average Bonchev–Trinajstić information content (AvgIpc) is 2.68. The Morgan fingerprint density at radius 2 is 1.93 bits per heavy atom. The average molecular weight is 400 g/mol. The fraction of sp³-hybridized carbons (Fsp3) is 0.579. The van der Waals surface area contributed by atoms with Crippen molar-refractivity contribution in [1.29, 1.82) is 0 Å². The van der Waals surface area contributed by atoms with Crippen LogP contribution in [0.25, 0.3) is 0 Å². The van der Waals surface area contributed by atoms with E-state index < -0.39 is 5.41 Å². The molecule has 0 spiro atoms. The number of carbonyl (C=O) groups excluding carboxylic acids is 2. The first-order valence-corrected chi connectivity index (χ1v) is 9.14. The van der Waals surface area contributed by atoms with Crippen molar-refractivity contribution in [2.45, 2.75) is 26.7 Å². The highest BCUT2D eigenvalue weighted by atomic mass is 35.5. The Balaban J connectivity index is 0.00000364. The van der Waals surface area contributed by atoms with E-state index in [0.717, 1.165) is 0 Å². The third-order valence-corrected chi connectivity index (χ3v) is 4.89. The van der Waals surface area contributed by atoms with Crippen molar-refractivity contribution < 1.29 is 19.1 Å². The van der Waals surface area contributed by atoms with Gasteiger partial charge in [0.25, 0.3) is 5.91 Å². The van der Waals surface area contributed by atoms with Crippen LogP contribution in [0, 0.1) is 5.41 Å². The van der Waals surface area contributed by atoms with Gasteiger partial charge in [-0.1, -0.05) is 6.07 Å². The summed E-state index contributed by atoms with van der Waals surface area (Å²) >= 11 is 0. The zero-order valence-electron chi connectivity index (χ0n) is 16.0. The van der Waals surface area contributed by atoms with E-state index in [4.69, 9.17) is 15.2 Å². The number of likely N-dealkylation sites (N-methyl/N-ethyl adjacent to an activating group) is 1. The highest BCUT2D eigenvalue weighted by Crippen LogP contribution is 2.31. The molecule has 1 aliphatic heterocycles. The molecule has 0 saturated carbocycles. The molecule has 1 aromatic rings. The van der Waals surface area contributed by atoms with E-state index in [1.54, 1.807) is 29.2 Å². The molecule has 1 heterocycles. The van der Waals surface area contributed by atoms with Gasteiger partial charge in [0.05, 0.1) is 5.41 Å². The minimum Gasteiger partial charge on any atom is -0.484 e. The van der Waals surface area contributed by atoms with Gasteiger partial charge in [0.2, 0.25) is 5.91 Å². The molecule has 0 unspecified atom stereocenters. The van der Waals surface area contributed by atoms with Gasteiger partial charge in [0.1, 0.15) is 5.75 Å². The maximum atomic E-state index is 12.7. The van der Waals surface area contributed by atoms with Crippen LogP contribution in [0.15, 0.2) is 24.3 Å². The van der Waals surface area contributed by atoms with Gasteiger partial charge in [-0.2, -0.15) is 0 Å².